The van der Waals surface area contributed by atoms with Gasteiger partial charge in [-0.25, -0.2) is 4.79 Å². The fourth-order valence-electron chi connectivity index (χ4n) is 5.97. The first-order valence-electron chi connectivity index (χ1n) is 14.6. The molecule has 0 radical (unpaired) electrons. The lowest BCUT2D eigenvalue weighted by Gasteiger charge is -2.24. The Morgan fingerprint density at radius 2 is 1.82 bits per heavy atom. The quantitative estimate of drug-likeness (QED) is 0.258. The first-order chi connectivity index (χ1) is 21.5. The van der Waals surface area contributed by atoms with Crippen LogP contribution in [0, 0.1) is 5.41 Å². The van der Waals surface area contributed by atoms with Gasteiger partial charge in [0.15, 0.2) is 5.79 Å². The van der Waals surface area contributed by atoms with Gasteiger partial charge in [0.05, 0.1) is 38.8 Å². The van der Waals surface area contributed by atoms with E-state index in [9.17, 15) is 14.4 Å². The Labute approximate surface area is 262 Å². The van der Waals surface area contributed by atoms with Crippen LogP contribution in [-0.4, -0.2) is 66.3 Å². The maximum Gasteiger partial charge on any atom is 0.413 e. The number of amidine groups is 1. The van der Waals surface area contributed by atoms with Crippen LogP contribution in [0.4, 0.5) is 13.6 Å². The van der Waals surface area contributed by atoms with E-state index in [1.54, 1.807) is 49.6 Å². The number of halogens is 2. The van der Waals surface area contributed by atoms with E-state index in [-0.39, 0.29) is 54.9 Å². The first-order valence-corrected chi connectivity index (χ1v) is 15.4. The van der Waals surface area contributed by atoms with Crippen LogP contribution in [0.25, 0.3) is 11.1 Å². The zero-order valence-corrected chi connectivity index (χ0v) is 25.5. The molecule has 6 rings (SSSR count). The molecule has 3 heterocycles. The molecular formula is C32H32F2N4O6S. The van der Waals surface area contributed by atoms with E-state index in [1.807, 2.05) is 0 Å². The topological polar surface area (TPSA) is 130 Å². The van der Waals surface area contributed by atoms with E-state index in [0.29, 0.717) is 35.5 Å². The lowest BCUT2D eigenvalue weighted by molar-refractivity contribution is -0.152. The minimum atomic E-state index is -3.12. The molecule has 13 heteroatoms. The Bertz CT molecular complexity index is 1670. The smallest absolute Gasteiger partial charge is 0.413 e. The molecule has 10 nitrogen and oxygen atoms in total. The van der Waals surface area contributed by atoms with Gasteiger partial charge in [0.1, 0.15) is 11.9 Å². The lowest BCUT2D eigenvalue weighted by atomic mass is 10.0. The third-order valence-corrected chi connectivity index (χ3v) is 8.95. The fourth-order valence-corrected chi connectivity index (χ4v) is 6.78. The molecule has 3 N–H and O–H groups in total. The van der Waals surface area contributed by atoms with Crippen molar-refractivity contribution in [1.29, 1.82) is 5.41 Å². The number of hydrogen-bond acceptors (Lipinski definition) is 8. The molecule has 1 atom stereocenters. The highest BCUT2D eigenvalue weighted by Crippen LogP contribution is 2.51. The Hall–Kier alpha value is -4.20. The molecule has 1 spiro atoms. The van der Waals surface area contributed by atoms with Gasteiger partial charge in [-0.3, -0.25) is 20.3 Å². The molecule has 2 saturated heterocycles. The van der Waals surface area contributed by atoms with Crippen molar-refractivity contribution in [1.82, 2.24) is 15.5 Å². The number of rotatable bonds is 7. The van der Waals surface area contributed by atoms with Gasteiger partial charge in [-0.15, -0.1) is 11.3 Å². The number of alkyl halides is 2. The van der Waals surface area contributed by atoms with Gasteiger partial charge in [0, 0.05) is 33.4 Å². The molecule has 2 aliphatic heterocycles. The van der Waals surface area contributed by atoms with Crippen molar-refractivity contribution in [3.05, 3.63) is 81.0 Å². The Morgan fingerprint density at radius 1 is 1.09 bits per heavy atom. The van der Waals surface area contributed by atoms with Crippen molar-refractivity contribution in [2.24, 2.45) is 0 Å². The van der Waals surface area contributed by atoms with Crippen LogP contribution in [0.15, 0.2) is 53.9 Å². The summed E-state index contributed by atoms with van der Waals surface area (Å²) in [6, 6.07) is 11.7. The molecule has 45 heavy (non-hydrogen) atoms. The average molecular weight is 639 g/mol. The van der Waals surface area contributed by atoms with Gasteiger partial charge in [-0.2, -0.15) is 8.78 Å². The highest BCUT2D eigenvalue weighted by Gasteiger charge is 2.52. The third-order valence-electron chi connectivity index (χ3n) is 8.01. The summed E-state index contributed by atoms with van der Waals surface area (Å²) >= 11 is 1.30. The maximum atomic E-state index is 15.0. The molecular weight excluding hydrogens is 606 g/mol. The van der Waals surface area contributed by atoms with Crippen LogP contribution in [0.1, 0.15) is 47.4 Å². The van der Waals surface area contributed by atoms with Crippen LogP contribution in [0.3, 0.4) is 0 Å². The number of carbonyl (C=O) groups excluding carboxylic acids is 3. The summed E-state index contributed by atoms with van der Waals surface area (Å²) in [5.74, 6) is -5.08. The number of hydrogen-bond donors (Lipinski definition) is 3. The number of thiophene rings is 1. The van der Waals surface area contributed by atoms with Crippen molar-refractivity contribution < 1.29 is 37.4 Å². The van der Waals surface area contributed by atoms with Crippen LogP contribution in [0.2, 0.25) is 0 Å². The van der Waals surface area contributed by atoms with E-state index in [2.05, 4.69) is 10.6 Å². The molecule has 3 amide bonds. The average Bonchev–Trinajstić information content (AvgIpc) is 3.79. The summed E-state index contributed by atoms with van der Waals surface area (Å²) in [6.07, 6.45) is -0.999. The van der Waals surface area contributed by atoms with Crippen molar-refractivity contribution in [2.45, 2.75) is 57.1 Å². The second-order valence-corrected chi connectivity index (χ2v) is 12.5. The summed E-state index contributed by atoms with van der Waals surface area (Å²) < 4.78 is 46.7. The Morgan fingerprint density at radius 3 is 2.58 bits per heavy atom. The molecule has 2 fully saturated rings. The van der Waals surface area contributed by atoms with Gasteiger partial charge < -0.3 is 24.4 Å². The zero-order valence-electron chi connectivity index (χ0n) is 24.7. The molecule has 236 valence electrons. The summed E-state index contributed by atoms with van der Waals surface area (Å²) in [7, 11) is 0. The number of fused-ring (bicyclic) bond motifs is 3. The van der Waals surface area contributed by atoms with Gasteiger partial charge in [0.25, 0.3) is 5.92 Å². The van der Waals surface area contributed by atoms with Gasteiger partial charge in [-0.1, -0.05) is 42.5 Å². The Balaban J connectivity index is 1.14. The highest BCUT2D eigenvalue weighted by molar-refractivity contribution is 7.10. The summed E-state index contributed by atoms with van der Waals surface area (Å²) in [5.41, 5.74) is 1.70. The van der Waals surface area contributed by atoms with Crippen molar-refractivity contribution in [3.63, 3.8) is 0 Å². The number of carbonyl (C=O) groups is 3. The molecule has 3 aromatic rings. The van der Waals surface area contributed by atoms with Crippen LogP contribution >= 0.6 is 11.3 Å². The molecule has 1 unspecified atom stereocenters. The normalized spacial score (nSPS) is 19.0. The number of amides is 3. The van der Waals surface area contributed by atoms with E-state index in [4.69, 9.17) is 19.6 Å². The molecule has 1 aromatic heterocycles. The van der Waals surface area contributed by atoms with Crippen LogP contribution < -0.4 is 10.6 Å². The van der Waals surface area contributed by atoms with E-state index in [0.717, 1.165) is 4.88 Å². The SMILES string of the molecule is CC(C)OC(=O)NC(=N)c1csc(CNC(=O)C2CC3(CN2C(=O)Cc2ccc4c(c2)-c2ccccc2C4(F)F)OCCO3)c1. The second kappa shape index (κ2) is 12.0. The number of benzene rings is 2. The first kappa shape index (κ1) is 30.8. The largest absolute Gasteiger partial charge is 0.447 e. The highest BCUT2D eigenvalue weighted by atomic mass is 32.1. The number of nitrogens with zero attached hydrogens (tertiary/aromatic N) is 1. The molecule has 3 aliphatic rings. The molecule has 0 bridgehead atoms. The number of likely N-dealkylation sites (tertiary alicyclic amines) is 1. The maximum absolute atomic E-state index is 15.0. The summed E-state index contributed by atoms with van der Waals surface area (Å²) in [4.78, 5) is 41.1. The van der Waals surface area contributed by atoms with Gasteiger partial charge in [-0.05, 0) is 36.6 Å². The van der Waals surface area contributed by atoms with Gasteiger partial charge in [0.2, 0.25) is 11.8 Å². The summed E-state index contributed by atoms with van der Waals surface area (Å²) in [5, 5.41) is 15.0. The summed E-state index contributed by atoms with van der Waals surface area (Å²) in [6.45, 7) is 4.30. The standard InChI is InChI=1S/C32H32F2N4O6S/c1-18(2)44-30(41)37-28(35)20-13-21(45-16-20)15-36-29(40)26-14-31(42-9-10-43-31)17-38(26)27(39)12-19-7-8-25-23(11-19)22-5-3-4-6-24(22)32(25,33)34/h3-8,11,13,16,18,26H,9-10,12,14-15,17H2,1-2H3,(H,36,40)(H2,35,37,41). The van der Waals surface area contributed by atoms with Crippen molar-refractivity contribution in [3.8, 4) is 11.1 Å². The third kappa shape index (κ3) is 6.07. The zero-order chi connectivity index (χ0) is 31.9. The molecule has 0 saturated carbocycles. The number of alkyl carbamates (subject to hydrolysis) is 1. The van der Waals surface area contributed by atoms with E-state index in [1.165, 1.54) is 34.4 Å². The van der Waals surface area contributed by atoms with Crippen LogP contribution in [-0.2, 0) is 42.7 Å². The minimum absolute atomic E-state index is 0.0585. The second-order valence-electron chi connectivity index (χ2n) is 11.5. The Kier molecular flexibility index (Phi) is 8.18. The van der Waals surface area contributed by atoms with Gasteiger partial charge >= 0.3 is 6.09 Å². The van der Waals surface area contributed by atoms with Crippen molar-refractivity contribution >= 4 is 35.1 Å². The molecule has 1 aliphatic carbocycles. The lowest BCUT2D eigenvalue weighted by Crippen LogP contribution is -2.46. The number of nitrogens with one attached hydrogen (secondary N) is 3. The number of ether oxygens (including phenoxy) is 3. The van der Waals surface area contributed by atoms with E-state index >= 15 is 8.78 Å². The monoisotopic (exact) mass is 638 g/mol. The predicted molar refractivity (Wildman–Crippen MR) is 161 cm³/mol. The van der Waals surface area contributed by atoms with Crippen molar-refractivity contribution in [2.75, 3.05) is 19.8 Å². The minimum Gasteiger partial charge on any atom is -0.447 e. The predicted octanol–water partition coefficient (Wildman–Crippen LogP) is 4.53. The fraction of sp³-hybridized carbons (Fsp3) is 0.375. The van der Waals surface area contributed by atoms with Crippen LogP contribution in [0.5, 0.6) is 0 Å². The molecule has 2 aromatic carbocycles. The van der Waals surface area contributed by atoms with E-state index < -0.39 is 29.8 Å².